The Labute approximate surface area is 144 Å². The number of thiophene rings is 1. The largest absolute Gasteiger partial charge is 0.389 e. The predicted octanol–water partition coefficient (Wildman–Crippen LogP) is 4.78. The molecule has 2 rings (SSSR count). The number of thiocarbonyl (C=S) groups is 1. The maximum absolute atomic E-state index is 5.99. The lowest BCUT2D eigenvalue weighted by Crippen LogP contribution is -2.21. The zero-order valence-corrected chi connectivity index (χ0v) is 15.1. The Bertz CT molecular complexity index is 640. The average molecular weight is 357 g/mol. The van der Waals surface area contributed by atoms with Gasteiger partial charge < -0.3 is 10.6 Å². The van der Waals surface area contributed by atoms with Gasteiger partial charge in [-0.25, -0.2) is 0 Å². The summed E-state index contributed by atoms with van der Waals surface area (Å²) >= 11 is 14.6. The lowest BCUT2D eigenvalue weighted by molar-refractivity contribution is 0.935. The van der Waals surface area contributed by atoms with Gasteiger partial charge in [0.2, 0.25) is 0 Å². The van der Waals surface area contributed by atoms with Crippen LogP contribution in [0.15, 0.2) is 35.2 Å². The van der Waals surface area contributed by atoms with Crippen LogP contribution in [0.5, 0.6) is 0 Å². The average Bonchev–Trinajstić information content (AvgIpc) is 2.84. The third-order valence-corrected chi connectivity index (χ3v) is 5.34. The Morgan fingerprint density at radius 2 is 2.14 bits per heavy atom. The van der Waals surface area contributed by atoms with Crippen molar-refractivity contribution in [3.05, 3.63) is 45.1 Å². The first-order valence-corrected chi connectivity index (χ1v) is 9.12. The maximum atomic E-state index is 5.99. The number of halogens is 1. The summed E-state index contributed by atoms with van der Waals surface area (Å²) in [6.45, 7) is 2.91. The van der Waals surface area contributed by atoms with Crippen molar-refractivity contribution in [2.75, 3.05) is 17.7 Å². The molecular weight excluding hydrogens is 340 g/mol. The summed E-state index contributed by atoms with van der Waals surface area (Å²) in [5.41, 5.74) is 7.98. The van der Waals surface area contributed by atoms with Crippen LogP contribution in [0.1, 0.15) is 17.4 Å². The van der Waals surface area contributed by atoms with Crippen LogP contribution in [0.4, 0.5) is 5.69 Å². The van der Waals surface area contributed by atoms with E-state index in [0.717, 1.165) is 32.8 Å². The van der Waals surface area contributed by atoms with Gasteiger partial charge in [0.05, 0.1) is 10.9 Å². The molecule has 0 radical (unpaired) electrons. The van der Waals surface area contributed by atoms with Gasteiger partial charge in [-0.15, -0.1) is 23.1 Å². The van der Waals surface area contributed by atoms with Crippen molar-refractivity contribution in [2.45, 2.75) is 18.4 Å². The molecule has 0 aliphatic carbocycles. The van der Waals surface area contributed by atoms with Crippen molar-refractivity contribution < 1.29 is 0 Å². The molecule has 0 saturated carbocycles. The van der Waals surface area contributed by atoms with Crippen molar-refractivity contribution in [2.24, 2.45) is 5.73 Å². The summed E-state index contributed by atoms with van der Waals surface area (Å²) in [6, 6.07) is 10.2. The van der Waals surface area contributed by atoms with Crippen LogP contribution in [0.25, 0.3) is 0 Å². The fourth-order valence-electron chi connectivity index (χ4n) is 2.12. The molecule has 1 aromatic heterocycles. The second kappa shape index (κ2) is 7.49. The molecule has 0 fully saturated rings. The molecule has 1 heterocycles. The number of hydrogen-bond donors (Lipinski definition) is 1. The highest BCUT2D eigenvalue weighted by atomic mass is 35.5. The molecular formula is C15H17ClN2S3. The first kappa shape index (κ1) is 16.6. The summed E-state index contributed by atoms with van der Waals surface area (Å²) in [5, 5.41) is 0. The minimum absolute atomic E-state index is 0.442. The van der Waals surface area contributed by atoms with Crippen molar-refractivity contribution >= 4 is 57.6 Å². The number of nitrogens with zero attached hydrogens (tertiary/aromatic N) is 1. The molecule has 0 spiro atoms. The quantitative estimate of drug-likeness (QED) is 0.595. The van der Waals surface area contributed by atoms with Crippen LogP contribution in [0.3, 0.4) is 0 Å². The molecule has 21 heavy (non-hydrogen) atoms. The standard InChI is InChI=1S/C15H17ClN2S3/c1-3-20-12-6-4-5-11(14(12)15(17)19)18(2)9-10-7-8-13(16)21-10/h4-8H,3,9H2,1-2H3,(H2,17,19). The molecule has 0 atom stereocenters. The third kappa shape index (κ3) is 4.13. The first-order valence-electron chi connectivity index (χ1n) is 6.54. The van der Waals surface area contributed by atoms with E-state index in [0.29, 0.717) is 4.99 Å². The molecule has 2 N–H and O–H groups in total. The second-order valence-corrected chi connectivity index (χ2v) is 8.05. The normalized spacial score (nSPS) is 10.6. The van der Waals surface area contributed by atoms with Gasteiger partial charge in [0, 0.05) is 28.1 Å². The Hall–Kier alpha value is -0.750. The summed E-state index contributed by atoms with van der Waals surface area (Å²) in [4.78, 5) is 4.96. The SMILES string of the molecule is CCSc1cccc(N(C)Cc2ccc(Cl)s2)c1C(N)=S. The van der Waals surface area contributed by atoms with Gasteiger partial charge in [-0.05, 0) is 30.0 Å². The van der Waals surface area contributed by atoms with Gasteiger partial charge >= 0.3 is 0 Å². The van der Waals surface area contributed by atoms with E-state index in [9.17, 15) is 0 Å². The van der Waals surface area contributed by atoms with Crippen molar-refractivity contribution in [1.82, 2.24) is 0 Å². The van der Waals surface area contributed by atoms with E-state index in [2.05, 4.69) is 30.0 Å². The fourth-order valence-corrected chi connectivity index (χ4v) is 4.38. The van der Waals surface area contributed by atoms with Crippen LogP contribution in [0.2, 0.25) is 4.34 Å². The summed E-state index contributed by atoms with van der Waals surface area (Å²) < 4.78 is 0.809. The summed E-state index contributed by atoms with van der Waals surface area (Å²) in [6.07, 6.45) is 0. The predicted molar refractivity (Wildman–Crippen MR) is 100 cm³/mol. The summed E-state index contributed by atoms with van der Waals surface area (Å²) in [7, 11) is 2.05. The maximum Gasteiger partial charge on any atom is 0.107 e. The smallest absolute Gasteiger partial charge is 0.107 e. The monoisotopic (exact) mass is 356 g/mol. The van der Waals surface area contributed by atoms with Gasteiger partial charge in [-0.2, -0.15) is 0 Å². The molecule has 2 aromatic rings. The van der Waals surface area contributed by atoms with Crippen LogP contribution >= 0.6 is 46.9 Å². The van der Waals surface area contributed by atoms with Gasteiger partial charge in [-0.1, -0.05) is 36.8 Å². The molecule has 112 valence electrons. The van der Waals surface area contributed by atoms with E-state index in [1.807, 2.05) is 19.2 Å². The number of anilines is 1. The molecule has 0 saturated heterocycles. The zero-order valence-electron chi connectivity index (χ0n) is 11.9. The first-order chi connectivity index (χ1) is 10.0. The molecule has 6 heteroatoms. The second-order valence-electron chi connectivity index (χ2n) is 4.51. The van der Waals surface area contributed by atoms with Gasteiger partial charge in [0.25, 0.3) is 0 Å². The zero-order chi connectivity index (χ0) is 15.4. The van der Waals surface area contributed by atoms with Gasteiger partial charge in [0.15, 0.2) is 0 Å². The van der Waals surface area contributed by atoms with Crippen molar-refractivity contribution in [1.29, 1.82) is 0 Å². The van der Waals surface area contributed by atoms with E-state index < -0.39 is 0 Å². The van der Waals surface area contributed by atoms with E-state index in [1.165, 1.54) is 4.88 Å². The molecule has 2 nitrogen and oxygen atoms in total. The molecule has 0 bridgehead atoms. The molecule has 0 aliphatic heterocycles. The van der Waals surface area contributed by atoms with Crippen LogP contribution in [0, 0.1) is 0 Å². The highest BCUT2D eigenvalue weighted by Gasteiger charge is 2.15. The summed E-state index contributed by atoms with van der Waals surface area (Å²) in [5.74, 6) is 0.989. The lowest BCUT2D eigenvalue weighted by atomic mass is 10.1. The van der Waals surface area contributed by atoms with Crippen molar-refractivity contribution in [3.8, 4) is 0 Å². The number of nitrogens with two attached hydrogens (primary N) is 1. The topological polar surface area (TPSA) is 29.3 Å². The van der Waals surface area contributed by atoms with Gasteiger partial charge in [0.1, 0.15) is 4.99 Å². The number of hydrogen-bond acceptors (Lipinski definition) is 4. The Morgan fingerprint density at radius 3 is 2.71 bits per heavy atom. The highest BCUT2D eigenvalue weighted by Crippen LogP contribution is 2.32. The number of thioether (sulfide) groups is 1. The van der Waals surface area contributed by atoms with E-state index in [4.69, 9.17) is 29.6 Å². The minimum Gasteiger partial charge on any atom is -0.389 e. The van der Waals surface area contributed by atoms with Crippen molar-refractivity contribution in [3.63, 3.8) is 0 Å². The highest BCUT2D eigenvalue weighted by molar-refractivity contribution is 7.99. The molecule has 1 aromatic carbocycles. The Kier molecular flexibility index (Phi) is 5.93. The van der Waals surface area contributed by atoms with E-state index in [1.54, 1.807) is 23.1 Å². The molecule has 0 amide bonds. The van der Waals surface area contributed by atoms with Crippen LogP contribution < -0.4 is 10.6 Å². The molecule has 0 aliphatic rings. The number of rotatable bonds is 6. The minimum atomic E-state index is 0.442. The van der Waals surface area contributed by atoms with E-state index in [-0.39, 0.29) is 0 Å². The molecule has 0 unspecified atom stereocenters. The number of benzene rings is 1. The Balaban J connectivity index is 2.33. The van der Waals surface area contributed by atoms with Crippen LogP contribution in [-0.4, -0.2) is 17.8 Å². The third-order valence-electron chi connectivity index (χ3n) is 2.98. The Morgan fingerprint density at radius 1 is 1.38 bits per heavy atom. The fraction of sp³-hybridized carbons (Fsp3) is 0.267. The van der Waals surface area contributed by atoms with E-state index >= 15 is 0 Å². The van der Waals surface area contributed by atoms with Gasteiger partial charge in [-0.3, -0.25) is 0 Å². The lowest BCUT2D eigenvalue weighted by Gasteiger charge is -2.23. The van der Waals surface area contributed by atoms with Crippen LogP contribution in [-0.2, 0) is 6.54 Å².